The van der Waals surface area contributed by atoms with Crippen molar-refractivity contribution in [1.82, 2.24) is 4.90 Å². The Hall–Kier alpha value is -1.40. The molecule has 0 unspecified atom stereocenters. The maximum Gasteiger partial charge on any atom is 0.410 e. The van der Waals surface area contributed by atoms with Gasteiger partial charge in [0.2, 0.25) is 5.78 Å². The first kappa shape index (κ1) is 18.6. The number of Topliss-reactive ketones (excluding diaryl/α,β-unsaturated/α-hetero) is 1. The fraction of sp³-hybridized carbons (Fsp3) is 0.500. The summed E-state index contributed by atoms with van der Waals surface area (Å²) in [6.07, 6.45) is -0.252. The average Bonchev–Trinajstić information content (AvgIpc) is 2.48. The predicted octanol–water partition coefficient (Wildman–Crippen LogP) is -1.21. The van der Waals surface area contributed by atoms with Crippen molar-refractivity contribution in [1.29, 1.82) is 0 Å². The third kappa shape index (κ3) is 4.81. The third-order valence-corrected chi connectivity index (χ3v) is 3.97. The molecule has 1 saturated heterocycles. The van der Waals surface area contributed by atoms with Crippen LogP contribution in [0.5, 0.6) is 0 Å². The highest BCUT2D eigenvalue weighted by atomic mass is 79.9. The summed E-state index contributed by atoms with van der Waals surface area (Å²) in [5, 5.41) is 0. The lowest BCUT2D eigenvalue weighted by atomic mass is 10.1. The van der Waals surface area contributed by atoms with Gasteiger partial charge in [-0.05, 0) is 6.92 Å². The molecular weight excluding hydrogens is 348 g/mol. The second-order valence-corrected chi connectivity index (χ2v) is 5.70. The molecule has 5 nitrogen and oxygen atoms in total. The van der Waals surface area contributed by atoms with Gasteiger partial charge in [0.1, 0.15) is 6.54 Å². The van der Waals surface area contributed by atoms with E-state index in [2.05, 4.69) is 7.05 Å². The molecule has 0 aliphatic carbocycles. The van der Waals surface area contributed by atoms with E-state index in [1.165, 1.54) is 0 Å². The molecule has 1 fully saturated rings. The van der Waals surface area contributed by atoms with E-state index in [1.54, 1.807) is 11.8 Å². The topological polar surface area (TPSA) is 46.6 Å². The summed E-state index contributed by atoms with van der Waals surface area (Å²) in [4.78, 5) is 25.7. The number of rotatable bonds is 4. The Kier molecular flexibility index (Phi) is 7.03. The number of hydrogen-bond donors (Lipinski definition) is 0. The van der Waals surface area contributed by atoms with Gasteiger partial charge in [0.15, 0.2) is 0 Å². The van der Waals surface area contributed by atoms with Crippen molar-refractivity contribution in [2.24, 2.45) is 0 Å². The van der Waals surface area contributed by atoms with Crippen LogP contribution in [-0.2, 0) is 4.74 Å². The second-order valence-electron chi connectivity index (χ2n) is 5.70. The zero-order valence-corrected chi connectivity index (χ0v) is 14.7. The Balaban J connectivity index is 0.00000242. The SMILES string of the molecule is CCOC(=O)N1CC[N+](C)(CC(=O)c2ccccc2)CC1.[Br-]. The van der Waals surface area contributed by atoms with Gasteiger partial charge in [-0.1, -0.05) is 30.3 Å². The Labute approximate surface area is 142 Å². The van der Waals surface area contributed by atoms with Crippen LogP contribution in [0.4, 0.5) is 4.79 Å². The first-order chi connectivity index (χ1) is 10.0. The summed E-state index contributed by atoms with van der Waals surface area (Å²) < 4.78 is 5.68. The summed E-state index contributed by atoms with van der Waals surface area (Å²) in [5.41, 5.74) is 0.754. The van der Waals surface area contributed by atoms with Gasteiger partial charge in [-0.15, -0.1) is 0 Å². The molecule has 0 bridgehead atoms. The van der Waals surface area contributed by atoms with Gasteiger partial charge in [-0.2, -0.15) is 0 Å². The molecule has 2 rings (SSSR count). The number of benzene rings is 1. The molecule has 1 aromatic rings. The van der Waals surface area contributed by atoms with Gasteiger partial charge >= 0.3 is 6.09 Å². The summed E-state index contributed by atoms with van der Waals surface area (Å²) in [5.74, 6) is 0.155. The summed E-state index contributed by atoms with van der Waals surface area (Å²) >= 11 is 0. The zero-order valence-electron chi connectivity index (χ0n) is 13.1. The van der Waals surface area contributed by atoms with Crippen molar-refractivity contribution < 1.29 is 35.8 Å². The van der Waals surface area contributed by atoms with Crippen molar-refractivity contribution in [3.05, 3.63) is 35.9 Å². The lowest BCUT2D eigenvalue weighted by molar-refractivity contribution is -0.905. The van der Waals surface area contributed by atoms with Gasteiger partial charge in [0, 0.05) is 5.56 Å². The number of ketones is 1. The number of carbonyl (C=O) groups excluding carboxylic acids is 2. The van der Waals surface area contributed by atoms with Crippen LogP contribution in [-0.4, -0.2) is 67.6 Å². The number of quaternary nitrogens is 1. The monoisotopic (exact) mass is 370 g/mol. The highest BCUT2D eigenvalue weighted by Crippen LogP contribution is 2.13. The van der Waals surface area contributed by atoms with E-state index in [1.807, 2.05) is 30.3 Å². The fourth-order valence-electron chi connectivity index (χ4n) is 2.57. The molecule has 22 heavy (non-hydrogen) atoms. The van der Waals surface area contributed by atoms with Crippen LogP contribution < -0.4 is 17.0 Å². The summed E-state index contributed by atoms with van der Waals surface area (Å²) in [6.45, 7) is 5.50. The number of nitrogens with zero attached hydrogens (tertiary/aromatic N) is 2. The minimum Gasteiger partial charge on any atom is -1.00 e. The highest BCUT2D eigenvalue weighted by molar-refractivity contribution is 5.96. The van der Waals surface area contributed by atoms with E-state index in [0.29, 0.717) is 30.7 Å². The van der Waals surface area contributed by atoms with Gasteiger partial charge in [0.05, 0.1) is 39.8 Å². The van der Waals surface area contributed by atoms with Crippen molar-refractivity contribution >= 4 is 11.9 Å². The van der Waals surface area contributed by atoms with Crippen LogP contribution in [0.2, 0.25) is 0 Å². The minimum absolute atomic E-state index is 0. The zero-order chi connectivity index (χ0) is 15.3. The smallest absolute Gasteiger partial charge is 0.410 e. The Bertz CT molecular complexity index is 499. The van der Waals surface area contributed by atoms with E-state index >= 15 is 0 Å². The molecule has 6 heteroatoms. The van der Waals surface area contributed by atoms with Crippen LogP contribution in [0.3, 0.4) is 0 Å². The second kappa shape index (κ2) is 8.29. The lowest BCUT2D eigenvalue weighted by Gasteiger charge is -2.41. The van der Waals surface area contributed by atoms with Crippen LogP contribution in [0.15, 0.2) is 30.3 Å². The maximum atomic E-state index is 12.3. The maximum absolute atomic E-state index is 12.3. The number of likely N-dealkylation sites (N-methyl/N-ethyl adjacent to an activating group) is 1. The Morgan fingerprint density at radius 1 is 1.18 bits per heavy atom. The molecular formula is C16H23BrN2O3. The molecule has 1 amide bonds. The summed E-state index contributed by atoms with van der Waals surface area (Å²) in [6, 6.07) is 9.37. The molecule has 0 aromatic heterocycles. The first-order valence-electron chi connectivity index (χ1n) is 7.37. The Morgan fingerprint density at radius 2 is 1.77 bits per heavy atom. The van der Waals surface area contributed by atoms with Gasteiger partial charge < -0.3 is 26.2 Å². The van der Waals surface area contributed by atoms with E-state index in [4.69, 9.17) is 4.74 Å². The molecule has 0 saturated carbocycles. The minimum atomic E-state index is -0.252. The number of carbonyl (C=O) groups is 2. The van der Waals surface area contributed by atoms with E-state index in [9.17, 15) is 9.59 Å². The number of amides is 1. The largest absolute Gasteiger partial charge is 1.00 e. The average molecular weight is 371 g/mol. The highest BCUT2D eigenvalue weighted by Gasteiger charge is 2.33. The predicted molar refractivity (Wildman–Crippen MR) is 80.2 cm³/mol. The quantitative estimate of drug-likeness (QED) is 0.493. The number of halogens is 1. The van der Waals surface area contributed by atoms with Crippen LogP contribution in [0.25, 0.3) is 0 Å². The van der Waals surface area contributed by atoms with Crippen molar-refractivity contribution in [3.8, 4) is 0 Å². The molecule has 0 N–H and O–H groups in total. The van der Waals surface area contributed by atoms with Crippen molar-refractivity contribution in [3.63, 3.8) is 0 Å². The number of ether oxygens (including phenoxy) is 1. The molecule has 0 atom stereocenters. The van der Waals surface area contributed by atoms with Gasteiger partial charge in [0.25, 0.3) is 0 Å². The standard InChI is InChI=1S/C16H23N2O3.BrH/c1-3-21-16(20)17-9-11-18(2,12-10-17)13-15(19)14-7-5-4-6-8-14;/h4-8H,3,9-13H2,1-2H3;1H/q+1;/p-1. The van der Waals surface area contributed by atoms with Crippen LogP contribution >= 0.6 is 0 Å². The van der Waals surface area contributed by atoms with Crippen LogP contribution in [0.1, 0.15) is 17.3 Å². The number of hydrogen-bond acceptors (Lipinski definition) is 3. The fourth-order valence-corrected chi connectivity index (χ4v) is 2.57. The van der Waals surface area contributed by atoms with Crippen molar-refractivity contribution in [2.75, 3.05) is 46.4 Å². The van der Waals surface area contributed by atoms with E-state index in [-0.39, 0.29) is 28.9 Å². The molecule has 1 aliphatic rings. The Morgan fingerprint density at radius 3 is 2.32 bits per heavy atom. The van der Waals surface area contributed by atoms with Gasteiger partial charge in [-0.25, -0.2) is 4.79 Å². The number of piperazine rings is 1. The van der Waals surface area contributed by atoms with Crippen molar-refractivity contribution in [2.45, 2.75) is 6.92 Å². The normalized spacial score (nSPS) is 16.5. The first-order valence-corrected chi connectivity index (χ1v) is 7.37. The molecule has 0 spiro atoms. The molecule has 1 heterocycles. The van der Waals surface area contributed by atoms with Crippen LogP contribution in [0, 0.1) is 0 Å². The molecule has 0 radical (unpaired) electrons. The molecule has 1 aromatic carbocycles. The van der Waals surface area contributed by atoms with Gasteiger partial charge in [-0.3, -0.25) is 9.69 Å². The van der Waals surface area contributed by atoms with E-state index < -0.39 is 0 Å². The lowest BCUT2D eigenvalue weighted by Crippen LogP contribution is -3.00. The van der Waals surface area contributed by atoms with E-state index in [0.717, 1.165) is 18.7 Å². The molecule has 122 valence electrons. The molecule has 1 aliphatic heterocycles. The third-order valence-electron chi connectivity index (χ3n) is 3.97. The summed E-state index contributed by atoms with van der Waals surface area (Å²) in [7, 11) is 2.07.